The molecule has 684 valence electrons. The van der Waals surface area contributed by atoms with Gasteiger partial charge in [0.2, 0.25) is 23.6 Å². The van der Waals surface area contributed by atoms with Crippen molar-refractivity contribution in [3.63, 3.8) is 0 Å². The highest BCUT2D eigenvalue weighted by Gasteiger charge is 2.63. The second-order valence-corrected chi connectivity index (χ2v) is 29.4. The van der Waals surface area contributed by atoms with Gasteiger partial charge in [-0.2, -0.15) is 0 Å². The zero-order chi connectivity index (χ0) is 87.7. The number of hydrogen-bond donors (Lipinski definition) is 32. The zero-order valence-corrected chi connectivity index (χ0v) is 63.3. The maximum absolute atomic E-state index is 13.2. The van der Waals surface area contributed by atoms with Gasteiger partial charge >= 0.3 is 5.97 Å². The number of carboxylic acids is 1. The molecule has 0 saturated carbocycles. The first-order chi connectivity index (χ1) is 55.6. The number of aliphatic carboxylic acids is 1. The molecule has 0 bridgehead atoms. The summed E-state index contributed by atoms with van der Waals surface area (Å²) in [5, 5.41) is 317. The molecule has 8 aliphatic rings. The van der Waals surface area contributed by atoms with Crippen LogP contribution in [0.5, 0.6) is 0 Å². The first kappa shape index (κ1) is 99.1. The summed E-state index contributed by atoms with van der Waals surface area (Å²) in [6.45, 7) is -8.05. The van der Waals surface area contributed by atoms with E-state index in [0.29, 0.717) is 0 Å². The van der Waals surface area contributed by atoms with Gasteiger partial charge in [0, 0.05) is 34.1 Å². The van der Waals surface area contributed by atoms with Crippen LogP contribution in [-0.2, 0) is 99.8 Å². The van der Waals surface area contributed by atoms with Crippen molar-refractivity contribution in [3.8, 4) is 0 Å². The lowest BCUT2D eigenvalue weighted by molar-refractivity contribution is -0.387. The molecule has 0 radical (unpaired) electrons. The van der Waals surface area contributed by atoms with Gasteiger partial charge in [-0.15, -0.1) is 0 Å². The van der Waals surface area contributed by atoms with Gasteiger partial charge < -0.3 is 240 Å². The SMILES string of the molecule is CC(=O)N[C@H]1[C@H](O[C@H]2[C@@H](O)[C@@H](CO)O[C@@H](O[C@H]3[C@H](O)[C@@H](NC(C)=O)[C@H](O[C@H]4[C@@H](O)[C@@H](CO[C@@H]5O[C@H](CO)[C@@H](O[C@@H]6O[C@H](CO)[C@H](O)[C@H](O[C@]7(C(=O)O)C[C@H](O)[C@@H](NC(C)=O)[C@H]([C@H](O)[C@H](O)CO)O7)[C@H]6O)[C@H](O)[C@H]5NC(C)=O)O[C@@H](O[C@@H]([C@H](O)[C@@H](O)CO)[C@H](O)CO)[C@@H]4O)O[C@@H]3CO)[C@@H]2O)O[C@H](CO)[C@@H](O[C@@H]2O[C@H](CO)[C@H](O)[C@H](O)[C@H]2O)[C@@H]1O. The fraction of sp³-hybridized carbons (Fsp3) is 0.923. The van der Waals surface area contributed by atoms with E-state index in [1.54, 1.807) is 0 Å². The molecular weight excluding hydrogens is 1620 g/mol. The van der Waals surface area contributed by atoms with E-state index in [9.17, 15) is 167 Å². The molecule has 118 heavy (non-hydrogen) atoms. The normalized spacial score (nSPS) is 44.7. The molecule has 53 heteroatoms. The molecule has 0 aromatic rings. The van der Waals surface area contributed by atoms with Crippen LogP contribution in [0.2, 0.25) is 0 Å². The van der Waals surface area contributed by atoms with Crippen LogP contribution in [0.4, 0.5) is 0 Å². The fourth-order valence-corrected chi connectivity index (χ4v) is 14.8. The zero-order valence-electron chi connectivity index (χ0n) is 63.3. The molecule has 53 nitrogen and oxygen atoms in total. The molecule has 8 aliphatic heterocycles. The first-order valence-electron chi connectivity index (χ1n) is 37.2. The van der Waals surface area contributed by atoms with E-state index in [0.717, 1.165) is 27.7 Å². The van der Waals surface area contributed by atoms with E-state index in [2.05, 4.69) is 21.3 Å². The van der Waals surface area contributed by atoms with Crippen LogP contribution in [0, 0.1) is 0 Å². The summed E-state index contributed by atoms with van der Waals surface area (Å²) >= 11 is 0. The molecule has 8 fully saturated rings. The smallest absolute Gasteiger partial charge is 0.364 e. The van der Waals surface area contributed by atoms with E-state index in [1.807, 2.05) is 0 Å². The number of amides is 4. The van der Waals surface area contributed by atoms with Crippen molar-refractivity contribution in [2.24, 2.45) is 0 Å². The van der Waals surface area contributed by atoms with Crippen LogP contribution in [0.15, 0.2) is 0 Å². The lowest BCUT2D eigenvalue weighted by Gasteiger charge is -2.51. The number of ether oxygens (including phenoxy) is 16. The summed E-state index contributed by atoms with van der Waals surface area (Å²) in [5.41, 5.74) is 0. The molecule has 0 unspecified atom stereocenters. The highest BCUT2D eigenvalue weighted by molar-refractivity contribution is 5.77. The van der Waals surface area contributed by atoms with Gasteiger partial charge in [-0.1, -0.05) is 0 Å². The van der Waals surface area contributed by atoms with Crippen LogP contribution in [0.3, 0.4) is 0 Å². The van der Waals surface area contributed by atoms with Crippen molar-refractivity contribution >= 4 is 29.6 Å². The fourth-order valence-electron chi connectivity index (χ4n) is 14.8. The Hall–Kier alpha value is -4.37. The van der Waals surface area contributed by atoms with Crippen molar-refractivity contribution in [1.29, 1.82) is 0 Å². The number of nitrogens with one attached hydrogen (secondary N) is 4. The molecule has 8 rings (SSSR count). The molecule has 0 spiro atoms. The maximum Gasteiger partial charge on any atom is 0.364 e. The minimum atomic E-state index is -3.28. The summed E-state index contributed by atoms with van der Waals surface area (Å²) in [6.07, 6.45) is -87.6. The predicted molar refractivity (Wildman–Crippen MR) is 363 cm³/mol. The van der Waals surface area contributed by atoms with E-state index in [-0.39, 0.29) is 0 Å². The van der Waals surface area contributed by atoms with E-state index in [4.69, 9.17) is 75.8 Å². The Balaban J connectivity index is 1.04. The molecule has 8 heterocycles. The van der Waals surface area contributed by atoms with Gasteiger partial charge in [0.1, 0.15) is 213 Å². The Bertz CT molecular complexity index is 3150. The Labute approximate surface area is 667 Å². The summed E-state index contributed by atoms with van der Waals surface area (Å²) < 4.78 is 93.4. The average molecular weight is 1730 g/mol. The predicted octanol–water partition coefficient (Wildman–Crippen LogP) is -21.2. The quantitative estimate of drug-likeness (QED) is 0.0277. The Kier molecular flexibility index (Phi) is 36.5. The number of carbonyl (C=O) groups excluding carboxylic acids is 4. The second kappa shape index (κ2) is 43.5. The van der Waals surface area contributed by atoms with Gasteiger partial charge in [-0.25, -0.2) is 4.79 Å². The molecule has 0 aliphatic carbocycles. The Morgan fingerprint density at radius 1 is 0.364 bits per heavy atom. The number of carbonyl (C=O) groups is 5. The number of rotatable bonds is 36. The van der Waals surface area contributed by atoms with Crippen LogP contribution in [0.25, 0.3) is 0 Å². The molecule has 0 aromatic heterocycles. The van der Waals surface area contributed by atoms with Crippen molar-refractivity contribution in [3.05, 3.63) is 0 Å². The lowest BCUT2D eigenvalue weighted by Crippen LogP contribution is -2.71. The second-order valence-electron chi connectivity index (χ2n) is 29.4. The van der Waals surface area contributed by atoms with Gasteiger partial charge in [-0.3, -0.25) is 19.2 Å². The summed E-state index contributed by atoms with van der Waals surface area (Å²) in [7, 11) is 0. The van der Waals surface area contributed by atoms with E-state index < -0.39 is 378 Å². The Morgan fingerprint density at radius 2 is 0.703 bits per heavy atom. The van der Waals surface area contributed by atoms with Crippen LogP contribution < -0.4 is 21.3 Å². The van der Waals surface area contributed by atoms with Crippen molar-refractivity contribution in [1.82, 2.24) is 21.3 Å². The Morgan fingerprint density at radius 3 is 1.11 bits per heavy atom. The largest absolute Gasteiger partial charge is 0.477 e. The molecule has 8 saturated heterocycles. The number of aliphatic hydroxyl groups excluding tert-OH is 27. The van der Waals surface area contributed by atoms with Crippen molar-refractivity contribution < 1.29 is 243 Å². The van der Waals surface area contributed by atoms with Crippen LogP contribution >= 0.6 is 0 Å². The van der Waals surface area contributed by atoms with Crippen molar-refractivity contribution in [2.45, 2.75) is 310 Å². The summed E-state index contributed by atoms with van der Waals surface area (Å²) in [6, 6.07) is -7.63. The number of aliphatic hydroxyl groups is 27. The van der Waals surface area contributed by atoms with Gasteiger partial charge in [0.25, 0.3) is 5.79 Å². The minimum absolute atomic E-state index is 0.872. The average Bonchev–Trinajstić information content (AvgIpc) is 0.757. The lowest BCUT2D eigenvalue weighted by atomic mass is 9.88. The molecular formula is C65H110N4O49. The van der Waals surface area contributed by atoms with Gasteiger partial charge in [-0.05, 0) is 0 Å². The third kappa shape index (κ3) is 22.3. The minimum Gasteiger partial charge on any atom is -0.477 e. The van der Waals surface area contributed by atoms with Crippen molar-refractivity contribution in [2.75, 3.05) is 66.1 Å². The standard InChI is InChI=1S/C65H110N4O49/c1-16(79)66-31-20(83)5-65(64(101)102,117-53(31)36(88)22(85)7-71)118-56-39(91)26(11-75)106-63(48(56)100)114-50-27(12-76)107-57(32(41(50)93)67-17(2)80)103-15-30-40(92)55(47(99)62(110-30)111-49(23(86)8-72)35(87)21(84)6-70)116-59-34(69-19(4)82)43(95)52(29(14-78)109-59)113-61-46(98)54(38(90)25(10-74)105-61)115-58-33(68-18(3)81)42(94)51(28(13-77)108-58)112-60-45(97)44(96)37(89)24(9-73)104-60/h20-63,70-78,83-100H,5-15H2,1-4H3,(H,66,79)(H,67,80)(H,68,81)(H,69,82)(H,101,102)/t20-,21-,22+,23+,24+,25+,26+,27+,28+,29+,30+,31+,32+,33+,34+,35+,36+,37-,38-,39-,40-,41+,42+,43+,44-,45+,46+,47+,48+,49+,50+,51+,52+,53+,54-,55-,56-,57+,58-,59-,60-,61-,62-,63-,65-/m0/s1. The molecule has 0 aromatic carbocycles. The number of hydrogen-bond acceptors (Lipinski definition) is 48. The molecule has 4 amide bonds. The summed E-state index contributed by atoms with van der Waals surface area (Å²) in [4.78, 5) is 64.2. The summed E-state index contributed by atoms with van der Waals surface area (Å²) in [5.74, 6) is -9.23. The maximum atomic E-state index is 13.2. The van der Waals surface area contributed by atoms with Crippen LogP contribution in [0.1, 0.15) is 34.1 Å². The molecule has 32 N–H and O–H groups in total. The third-order valence-corrected chi connectivity index (χ3v) is 21.0. The van der Waals surface area contributed by atoms with Crippen LogP contribution in [-0.4, -0.2) is 514 Å². The number of carboxylic acid groups (broad SMARTS) is 1. The van der Waals surface area contributed by atoms with E-state index in [1.165, 1.54) is 0 Å². The first-order valence-corrected chi connectivity index (χ1v) is 37.2. The van der Waals surface area contributed by atoms with E-state index >= 15 is 0 Å². The van der Waals surface area contributed by atoms with Gasteiger partial charge in [0.15, 0.2) is 44.0 Å². The van der Waals surface area contributed by atoms with Gasteiger partial charge in [0.05, 0.1) is 78.2 Å². The topological polar surface area (TPSA) is 848 Å². The highest BCUT2D eigenvalue weighted by atomic mass is 16.8. The monoisotopic (exact) mass is 1730 g/mol. The highest BCUT2D eigenvalue weighted by Crippen LogP contribution is 2.42. The third-order valence-electron chi connectivity index (χ3n) is 21.0. The molecule has 45 atom stereocenters.